The molecular formula is C27H24O4. The zero-order valence-corrected chi connectivity index (χ0v) is 17.1. The number of carbonyl (C=O) groups excluding carboxylic acids is 2. The number of esters is 2. The molecule has 0 spiro atoms. The molecule has 156 valence electrons. The Bertz CT molecular complexity index is 1080. The van der Waals surface area contributed by atoms with Crippen molar-refractivity contribution in [2.75, 3.05) is 0 Å². The monoisotopic (exact) mass is 412 g/mol. The summed E-state index contributed by atoms with van der Waals surface area (Å²) < 4.78 is 11.9. The first-order valence-electron chi connectivity index (χ1n) is 10.8. The maximum Gasteiger partial charge on any atom is 0.338 e. The normalized spacial score (nSPS) is 24.0. The minimum absolute atomic E-state index is 0.135. The second-order valence-corrected chi connectivity index (χ2v) is 8.38. The molecule has 0 aliphatic heterocycles. The van der Waals surface area contributed by atoms with Crippen LogP contribution in [0.5, 0.6) is 0 Å². The van der Waals surface area contributed by atoms with E-state index in [9.17, 15) is 9.59 Å². The molecule has 31 heavy (non-hydrogen) atoms. The van der Waals surface area contributed by atoms with E-state index in [4.69, 9.17) is 9.47 Å². The minimum Gasteiger partial charge on any atom is -0.455 e. The summed E-state index contributed by atoms with van der Waals surface area (Å²) in [5.74, 6) is -0.290. The summed E-state index contributed by atoms with van der Waals surface area (Å²) in [6, 6.07) is 26.4. The Hall–Kier alpha value is -3.40. The van der Waals surface area contributed by atoms with E-state index in [-0.39, 0.29) is 17.9 Å². The molecule has 0 radical (unpaired) electrons. The highest BCUT2D eigenvalue weighted by molar-refractivity contribution is 5.90. The van der Waals surface area contributed by atoms with E-state index in [1.807, 2.05) is 42.5 Å². The molecule has 0 bridgehead atoms. The van der Waals surface area contributed by atoms with Crippen LogP contribution in [0.3, 0.4) is 0 Å². The SMILES string of the molecule is O=C(OC1CC2Cc3ccccc3CC2C1OC(=O)c1ccccc1)c1ccccc1. The van der Waals surface area contributed by atoms with Gasteiger partial charge in [-0.25, -0.2) is 9.59 Å². The van der Waals surface area contributed by atoms with Crippen molar-refractivity contribution in [2.45, 2.75) is 31.5 Å². The predicted molar refractivity (Wildman–Crippen MR) is 117 cm³/mol. The number of ether oxygens (including phenoxy) is 2. The molecule has 2 aliphatic carbocycles. The first kappa shape index (κ1) is 19.6. The van der Waals surface area contributed by atoms with Crippen LogP contribution in [0.1, 0.15) is 38.3 Å². The lowest BCUT2D eigenvalue weighted by atomic mass is 9.77. The Balaban J connectivity index is 1.41. The third-order valence-corrected chi connectivity index (χ3v) is 6.51. The Morgan fingerprint density at radius 3 is 1.77 bits per heavy atom. The Labute approximate surface area is 181 Å². The van der Waals surface area contributed by atoms with Gasteiger partial charge in [-0.2, -0.15) is 0 Å². The molecule has 4 unspecified atom stereocenters. The molecular weight excluding hydrogens is 388 g/mol. The highest BCUT2D eigenvalue weighted by Gasteiger charge is 2.49. The van der Waals surface area contributed by atoms with Crippen LogP contribution >= 0.6 is 0 Å². The third-order valence-electron chi connectivity index (χ3n) is 6.51. The Morgan fingerprint density at radius 1 is 0.645 bits per heavy atom. The summed E-state index contributed by atoms with van der Waals surface area (Å²) >= 11 is 0. The maximum atomic E-state index is 12.9. The lowest BCUT2D eigenvalue weighted by molar-refractivity contribution is -0.0360. The van der Waals surface area contributed by atoms with Gasteiger partial charge < -0.3 is 9.47 Å². The van der Waals surface area contributed by atoms with Gasteiger partial charge in [0.15, 0.2) is 0 Å². The van der Waals surface area contributed by atoms with Crippen LogP contribution in [0.2, 0.25) is 0 Å². The molecule has 0 N–H and O–H groups in total. The number of hydrogen-bond donors (Lipinski definition) is 0. The molecule has 1 fully saturated rings. The van der Waals surface area contributed by atoms with E-state index in [1.54, 1.807) is 24.3 Å². The average molecular weight is 412 g/mol. The lowest BCUT2D eigenvalue weighted by Crippen LogP contribution is -2.37. The lowest BCUT2D eigenvalue weighted by Gasteiger charge is -2.31. The Morgan fingerprint density at radius 2 is 1.16 bits per heavy atom. The highest BCUT2D eigenvalue weighted by Crippen LogP contribution is 2.44. The molecule has 4 atom stereocenters. The van der Waals surface area contributed by atoms with Crippen molar-refractivity contribution in [1.29, 1.82) is 0 Å². The molecule has 0 saturated heterocycles. The van der Waals surface area contributed by atoms with Gasteiger partial charge in [-0.1, -0.05) is 60.7 Å². The molecule has 2 aliphatic rings. The van der Waals surface area contributed by atoms with Crippen LogP contribution in [0.4, 0.5) is 0 Å². The molecule has 5 rings (SSSR count). The quantitative estimate of drug-likeness (QED) is 0.574. The van der Waals surface area contributed by atoms with Gasteiger partial charge in [0, 0.05) is 5.92 Å². The van der Waals surface area contributed by atoms with Crippen LogP contribution in [-0.4, -0.2) is 24.1 Å². The van der Waals surface area contributed by atoms with Gasteiger partial charge >= 0.3 is 11.9 Å². The van der Waals surface area contributed by atoms with Gasteiger partial charge in [0.2, 0.25) is 0 Å². The molecule has 3 aromatic rings. The van der Waals surface area contributed by atoms with Crippen molar-refractivity contribution in [3.05, 3.63) is 107 Å². The van der Waals surface area contributed by atoms with Crippen molar-refractivity contribution in [1.82, 2.24) is 0 Å². The van der Waals surface area contributed by atoms with Crippen LogP contribution in [0.25, 0.3) is 0 Å². The van der Waals surface area contributed by atoms with E-state index in [2.05, 4.69) is 18.2 Å². The highest BCUT2D eigenvalue weighted by atomic mass is 16.6. The first-order chi connectivity index (χ1) is 15.2. The molecule has 0 amide bonds. The number of benzene rings is 3. The molecule has 4 nitrogen and oxygen atoms in total. The minimum atomic E-state index is -0.460. The van der Waals surface area contributed by atoms with Crippen LogP contribution in [-0.2, 0) is 22.3 Å². The van der Waals surface area contributed by atoms with Crippen molar-refractivity contribution >= 4 is 11.9 Å². The van der Waals surface area contributed by atoms with Gasteiger partial charge in [0.1, 0.15) is 12.2 Å². The van der Waals surface area contributed by atoms with Crippen molar-refractivity contribution < 1.29 is 19.1 Å². The number of hydrogen-bond acceptors (Lipinski definition) is 4. The van der Waals surface area contributed by atoms with Crippen LogP contribution < -0.4 is 0 Å². The molecule has 3 aromatic carbocycles. The number of carbonyl (C=O) groups is 2. The molecule has 1 saturated carbocycles. The number of fused-ring (bicyclic) bond motifs is 2. The second kappa shape index (κ2) is 8.38. The van der Waals surface area contributed by atoms with Gasteiger partial charge in [-0.05, 0) is 60.6 Å². The second-order valence-electron chi connectivity index (χ2n) is 8.38. The van der Waals surface area contributed by atoms with Crippen molar-refractivity contribution in [3.8, 4) is 0 Å². The molecule has 4 heteroatoms. The van der Waals surface area contributed by atoms with Crippen molar-refractivity contribution in [2.24, 2.45) is 11.8 Å². The van der Waals surface area contributed by atoms with Crippen LogP contribution in [0, 0.1) is 11.8 Å². The molecule has 0 heterocycles. The summed E-state index contributed by atoms with van der Waals surface area (Å²) in [5, 5.41) is 0. The first-order valence-corrected chi connectivity index (χ1v) is 10.8. The van der Waals surface area contributed by atoms with E-state index in [0.29, 0.717) is 23.5 Å². The van der Waals surface area contributed by atoms with E-state index in [0.717, 1.165) is 12.8 Å². The zero-order chi connectivity index (χ0) is 21.2. The van der Waals surface area contributed by atoms with E-state index >= 15 is 0 Å². The summed E-state index contributed by atoms with van der Waals surface area (Å²) in [7, 11) is 0. The van der Waals surface area contributed by atoms with E-state index < -0.39 is 12.2 Å². The topological polar surface area (TPSA) is 52.6 Å². The smallest absolute Gasteiger partial charge is 0.338 e. The summed E-state index contributed by atoms with van der Waals surface area (Å²) in [5.41, 5.74) is 3.65. The van der Waals surface area contributed by atoms with Gasteiger partial charge in [0.05, 0.1) is 11.1 Å². The maximum absolute atomic E-state index is 12.9. The summed E-state index contributed by atoms with van der Waals surface area (Å²) in [4.78, 5) is 25.6. The van der Waals surface area contributed by atoms with Gasteiger partial charge in [-0.3, -0.25) is 0 Å². The Kier molecular flexibility index (Phi) is 5.29. The van der Waals surface area contributed by atoms with Crippen LogP contribution in [0.15, 0.2) is 84.9 Å². The fourth-order valence-electron chi connectivity index (χ4n) is 4.99. The third kappa shape index (κ3) is 3.98. The van der Waals surface area contributed by atoms with Gasteiger partial charge in [0.25, 0.3) is 0 Å². The number of rotatable bonds is 4. The summed E-state index contributed by atoms with van der Waals surface area (Å²) in [6.45, 7) is 0. The van der Waals surface area contributed by atoms with E-state index in [1.165, 1.54) is 11.1 Å². The van der Waals surface area contributed by atoms with Crippen molar-refractivity contribution in [3.63, 3.8) is 0 Å². The molecule has 0 aromatic heterocycles. The predicted octanol–water partition coefficient (Wildman–Crippen LogP) is 4.87. The van der Waals surface area contributed by atoms with Gasteiger partial charge in [-0.15, -0.1) is 0 Å². The fraction of sp³-hybridized carbons (Fsp3) is 0.259. The average Bonchev–Trinajstić information content (AvgIpc) is 3.14. The standard InChI is InChI=1S/C27H24O4/c28-26(18-9-3-1-4-10-18)30-24-17-22-15-20-13-7-8-14-21(20)16-23(22)25(24)31-27(29)19-11-5-2-6-12-19/h1-14,22-25H,15-17H2. The fourth-order valence-corrected chi connectivity index (χ4v) is 4.99. The summed E-state index contributed by atoms with van der Waals surface area (Å²) in [6.07, 6.45) is 1.53. The zero-order valence-electron chi connectivity index (χ0n) is 17.1. The largest absolute Gasteiger partial charge is 0.455 e.